The summed E-state index contributed by atoms with van der Waals surface area (Å²) in [4.78, 5) is 7.00. The van der Waals surface area contributed by atoms with E-state index in [1.165, 1.54) is 6.07 Å². The number of aliphatic imine (C=N–C) groups is 1. The fourth-order valence-corrected chi connectivity index (χ4v) is 5.13. The lowest BCUT2D eigenvalue weighted by Gasteiger charge is -2.36. The Bertz CT molecular complexity index is 1150. The number of benzene rings is 1. The molecule has 0 spiro atoms. The van der Waals surface area contributed by atoms with Gasteiger partial charge in [-0.05, 0) is 25.1 Å². The number of hydrogen-bond acceptors (Lipinski definition) is 7. The third-order valence-electron chi connectivity index (χ3n) is 4.96. The molecule has 168 valence electrons. The number of nitrogens with two attached hydrogens (primary N) is 1. The molecule has 1 aromatic heterocycles. The average molecular weight is 461 g/mol. The first-order valence-electron chi connectivity index (χ1n) is 9.28. The fourth-order valence-electron chi connectivity index (χ4n) is 3.60. The van der Waals surface area contributed by atoms with Crippen LogP contribution in [0.15, 0.2) is 39.0 Å². The summed E-state index contributed by atoms with van der Waals surface area (Å²) in [6.45, 7) is 2.55. The molecule has 8 nitrogen and oxygen atoms in total. The molecule has 1 saturated heterocycles. The van der Waals surface area contributed by atoms with Crippen LogP contribution in [0.4, 0.5) is 29.1 Å². The molecule has 2 aliphatic heterocycles. The lowest BCUT2D eigenvalue weighted by Crippen LogP contribution is -2.48. The second kappa shape index (κ2) is 7.41. The summed E-state index contributed by atoms with van der Waals surface area (Å²) in [6, 6.07) is 4.15. The Kier molecular flexibility index (Phi) is 5.12. The van der Waals surface area contributed by atoms with Gasteiger partial charge in [0.15, 0.2) is 5.84 Å². The molecule has 2 aromatic rings. The normalized spacial score (nSPS) is 22.0. The molecule has 13 heteroatoms. The van der Waals surface area contributed by atoms with Crippen molar-refractivity contribution in [1.82, 2.24) is 9.88 Å². The van der Waals surface area contributed by atoms with Crippen molar-refractivity contribution < 1.29 is 30.7 Å². The summed E-state index contributed by atoms with van der Waals surface area (Å²) >= 11 is 0. The number of nitrogens with one attached hydrogen (secondary N) is 2. The first-order valence-corrected chi connectivity index (χ1v) is 10.8. The van der Waals surface area contributed by atoms with Gasteiger partial charge >= 0.3 is 6.18 Å². The predicted molar refractivity (Wildman–Crippen MR) is 104 cm³/mol. The second-order valence-electron chi connectivity index (χ2n) is 7.25. The van der Waals surface area contributed by atoms with Crippen molar-refractivity contribution in [1.29, 1.82) is 0 Å². The van der Waals surface area contributed by atoms with Crippen molar-refractivity contribution in [2.75, 3.05) is 30.7 Å². The third-order valence-corrected chi connectivity index (χ3v) is 6.80. The number of morpholine rings is 1. The highest BCUT2D eigenvalue weighted by atomic mass is 32.2. The number of sulfone groups is 1. The molecule has 0 bridgehead atoms. The van der Waals surface area contributed by atoms with E-state index >= 15 is 0 Å². The van der Waals surface area contributed by atoms with Gasteiger partial charge in [0.1, 0.15) is 22.2 Å². The molecule has 4 N–H and O–H groups in total. The molecule has 4 rings (SSSR count). The number of amidine groups is 1. The van der Waals surface area contributed by atoms with Gasteiger partial charge in [0.05, 0.1) is 23.3 Å². The van der Waals surface area contributed by atoms with Crippen molar-refractivity contribution in [2.45, 2.75) is 35.2 Å². The van der Waals surface area contributed by atoms with Crippen LogP contribution in [0.5, 0.6) is 0 Å². The quantitative estimate of drug-likeness (QED) is 0.592. The van der Waals surface area contributed by atoms with Gasteiger partial charge in [0, 0.05) is 13.1 Å². The zero-order valence-electron chi connectivity index (χ0n) is 16.2. The molecule has 3 heterocycles. The van der Waals surface area contributed by atoms with Crippen molar-refractivity contribution in [2.24, 2.45) is 4.99 Å². The van der Waals surface area contributed by atoms with E-state index in [4.69, 9.17) is 10.5 Å². The first-order chi connectivity index (χ1) is 14.5. The summed E-state index contributed by atoms with van der Waals surface area (Å²) in [6.07, 6.45) is -7.45. The smallest absolute Gasteiger partial charge is 0.384 e. The lowest BCUT2D eigenvalue weighted by atomic mass is 10.2. The van der Waals surface area contributed by atoms with Gasteiger partial charge in [-0.25, -0.2) is 17.8 Å². The van der Waals surface area contributed by atoms with Crippen LogP contribution in [0.3, 0.4) is 0 Å². The topological polar surface area (TPSA) is 113 Å². The number of nitrogens with zero attached hydrogens (tertiary/aromatic N) is 2. The second-order valence-corrected chi connectivity index (χ2v) is 9.13. The zero-order chi connectivity index (χ0) is 22.6. The number of hydrogen-bond donors (Lipinski definition) is 3. The number of aromatic nitrogens is 1. The molecule has 31 heavy (non-hydrogen) atoms. The SMILES string of the molecule is CC1CN(C2=NC(C(F)(F)F)Nc3c2[nH]c(N)c3S(=O)(=O)c2cccc(F)c2)CCO1. The number of rotatable bonds is 2. The zero-order valence-corrected chi connectivity index (χ0v) is 17.0. The maximum absolute atomic E-state index is 13.6. The minimum Gasteiger partial charge on any atom is -0.384 e. The van der Waals surface area contributed by atoms with Crippen LogP contribution in [-0.2, 0) is 14.6 Å². The maximum atomic E-state index is 13.6. The number of H-pyrrole nitrogens is 1. The van der Waals surface area contributed by atoms with Crippen molar-refractivity contribution in [3.63, 3.8) is 0 Å². The number of anilines is 2. The molecule has 2 atom stereocenters. The van der Waals surface area contributed by atoms with E-state index < -0.39 is 37.8 Å². The van der Waals surface area contributed by atoms with Crippen LogP contribution >= 0.6 is 0 Å². The number of alkyl halides is 3. The highest BCUT2D eigenvalue weighted by Crippen LogP contribution is 2.41. The van der Waals surface area contributed by atoms with Crippen molar-refractivity contribution in [3.8, 4) is 0 Å². The Morgan fingerprint density at radius 1 is 1.32 bits per heavy atom. The Balaban J connectivity index is 1.88. The summed E-state index contributed by atoms with van der Waals surface area (Å²) in [5.41, 5.74) is 5.57. The fraction of sp³-hybridized carbons (Fsp3) is 0.389. The Labute approximate surface area is 175 Å². The number of nitrogen functional groups attached to an aromatic ring is 1. The van der Waals surface area contributed by atoms with E-state index in [1.807, 2.05) is 0 Å². The Morgan fingerprint density at radius 2 is 2.06 bits per heavy atom. The van der Waals surface area contributed by atoms with E-state index in [9.17, 15) is 26.0 Å². The first kappa shape index (κ1) is 21.4. The van der Waals surface area contributed by atoms with Crippen LogP contribution in [0.2, 0.25) is 0 Å². The van der Waals surface area contributed by atoms with Gasteiger partial charge in [-0.15, -0.1) is 0 Å². The molecule has 0 radical (unpaired) electrons. The number of ether oxygens (including phenoxy) is 1. The monoisotopic (exact) mass is 461 g/mol. The third kappa shape index (κ3) is 3.82. The Morgan fingerprint density at radius 3 is 2.71 bits per heavy atom. The van der Waals surface area contributed by atoms with E-state index in [1.54, 1.807) is 11.8 Å². The molecular weight excluding hydrogens is 442 g/mol. The van der Waals surface area contributed by atoms with E-state index in [0.29, 0.717) is 0 Å². The summed E-state index contributed by atoms with van der Waals surface area (Å²) in [5.74, 6) is -1.26. The molecule has 2 unspecified atom stereocenters. The van der Waals surface area contributed by atoms with Gasteiger partial charge in [0.2, 0.25) is 16.0 Å². The molecule has 0 amide bonds. The molecule has 2 aliphatic rings. The predicted octanol–water partition coefficient (Wildman–Crippen LogP) is 2.35. The van der Waals surface area contributed by atoms with Crippen molar-refractivity contribution in [3.05, 3.63) is 35.8 Å². The molecule has 1 fully saturated rings. The highest BCUT2D eigenvalue weighted by Gasteiger charge is 2.46. The van der Waals surface area contributed by atoms with Gasteiger partial charge in [0.25, 0.3) is 0 Å². The van der Waals surface area contributed by atoms with Crippen LogP contribution in [0.1, 0.15) is 12.6 Å². The minimum atomic E-state index is -4.80. The van der Waals surface area contributed by atoms with Gasteiger partial charge in [-0.3, -0.25) is 0 Å². The van der Waals surface area contributed by atoms with E-state index in [2.05, 4.69) is 15.3 Å². The van der Waals surface area contributed by atoms with Crippen LogP contribution in [-0.4, -0.2) is 62.3 Å². The van der Waals surface area contributed by atoms with Gasteiger partial charge in [-0.1, -0.05) is 6.07 Å². The maximum Gasteiger partial charge on any atom is 0.429 e. The van der Waals surface area contributed by atoms with E-state index in [-0.39, 0.29) is 48.8 Å². The minimum absolute atomic E-state index is 0.0158. The van der Waals surface area contributed by atoms with Gasteiger partial charge in [-0.2, -0.15) is 13.2 Å². The molecule has 1 aromatic carbocycles. The summed E-state index contributed by atoms with van der Waals surface area (Å²) < 4.78 is 86.2. The van der Waals surface area contributed by atoms with Crippen LogP contribution in [0, 0.1) is 5.82 Å². The average Bonchev–Trinajstić information content (AvgIpc) is 3.03. The number of aromatic amines is 1. The lowest BCUT2D eigenvalue weighted by molar-refractivity contribution is -0.141. The standard InChI is InChI=1S/C18H19F4N5O3S/c1-9-8-27(5-6-30-9)16-13-12(25-17(26-16)18(20,21)22)14(15(23)24-13)31(28,29)11-4-2-3-10(19)7-11/h2-4,7,9,17,24-25H,5-6,8,23H2,1H3. The van der Waals surface area contributed by atoms with Crippen LogP contribution < -0.4 is 11.1 Å². The number of fused-ring (bicyclic) bond motifs is 1. The molecular formula is C18H19F4N5O3S. The van der Waals surface area contributed by atoms with Gasteiger partial charge < -0.3 is 25.7 Å². The largest absolute Gasteiger partial charge is 0.429 e. The molecule has 0 aliphatic carbocycles. The van der Waals surface area contributed by atoms with E-state index in [0.717, 1.165) is 18.2 Å². The summed E-state index contributed by atoms with van der Waals surface area (Å²) in [5, 5.41) is 2.14. The summed E-state index contributed by atoms with van der Waals surface area (Å²) in [7, 11) is -4.45. The highest BCUT2D eigenvalue weighted by molar-refractivity contribution is 7.91. The number of halogens is 4. The Hall–Kier alpha value is -2.80. The van der Waals surface area contributed by atoms with Crippen LogP contribution in [0.25, 0.3) is 0 Å². The molecule has 0 saturated carbocycles. The van der Waals surface area contributed by atoms with Crippen molar-refractivity contribution >= 4 is 27.2 Å².